The van der Waals surface area contributed by atoms with Gasteiger partial charge in [-0.15, -0.1) is 0 Å². The van der Waals surface area contributed by atoms with Gasteiger partial charge in [-0.3, -0.25) is 9.36 Å². The van der Waals surface area contributed by atoms with Crippen LogP contribution < -0.4 is 5.56 Å². The number of oxime groups is 1. The minimum absolute atomic E-state index is 0.167. The highest BCUT2D eigenvalue weighted by molar-refractivity contribution is 9.11. The molecule has 37 heavy (non-hydrogen) atoms. The number of aromatic hydroxyl groups is 1. The molecule has 0 radical (unpaired) electrons. The van der Waals surface area contributed by atoms with E-state index < -0.39 is 0 Å². The zero-order chi connectivity index (χ0) is 25.5. The number of hydrogen-bond donors (Lipinski definition) is 1. The zero-order valence-corrected chi connectivity index (χ0v) is 22.5. The van der Waals surface area contributed by atoms with Crippen molar-refractivity contribution < 1.29 is 9.94 Å². The normalized spacial score (nSPS) is 15.0. The van der Waals surface area contributed by atoms with Crippen LogP contribution in [0.25, 0.3) is 28.0 Å². The third-order valence-electron chi connectivity index (χ3n) is 6.33. The molecule has 1 atom stereocenters. The lowest BCUT2D eigenvalue weighted by atomic mass is 9.99. The Kier molecular flexibility index (Phi) is 6.14. The van der Waals surface area contributed by atoms with Crippen molar-refractivity contribution in [2.45, 2.75) is 12.5 Å². The van der Waals surface area contributed by atoms with Crippen molar-refractivity contribution >= 4 is 48.5 Å². The number of rotatable bonds is 4. The minimum Gasteiger partial charge on any atom is -0.508 e. The third-order valence-corrected chi connectivity index (χ3v) is 7.40. The summed E-state index contributed by atoms with van der Waals surface area (Å²) in [6.45, 7) is 0. The summed E-state index contributed by atoms with van der Waals surface area (Å²) >= 11 is 7.05. The molecule has 1 aromatic heterocycles. The molecule has 0 aliphatic carbocycles. The Bertz CT molecular complexity index is 1730. The molecule has 0 spiro atoms. The van der Waals surface area contributed by atoms with E-state index in [1.54, 1.807) is 22.8 Å². The Hall–Kier alpha value is -3.75. The van der Waals surface area contributed by atoms with Crippen LogP contribution in [0.1, 0.15) is 23.7 Å². The van der Waals surface area contributed by atoms with Crippen LogP contribution in [0.3, 0.4) is 0 Å². The highest BCUT2D eigenvalue weighted by Crippen LogP contribution is 2.35. The maximum Gasteiger partial charge on any atom is 0.266 e. The standard InChI is InChI=1S/C29H19Br2N3O3/c30-19-14-22-27(23(31)15-19)32-28(18-6-2-1-3-7-18)34(29(22)36)20-12-10-17(11-13-20)24-16-26(37-33-24)21-8-4-5-9-25(21)35/h1-15,26,35H,16H2. The van der Waals surface area contributed by atoms with E-state index >= 15 is 0 Å². The number of aromatic nitrogens is 2. The first-order valence-corrected chi connectivity index (χ1v) is 13.2. The van der Waals surface area contributed by atoms with Crippen molar-refractivity contribution in [1.29, 1.82) is 0 Å². The Labute approximate surface area is 229 Å². The highest BCUT2D eigenvalue weighted by atomic mass is 79.9. The topological polar surface area (TPSA) is 76.7 Å². The van der Waals surface area contributed by atoms with E-state index in [0.29, 0.717) is 34.4 Å². The average Bonchev–Trinajstić information content (AvgIpc) is 3.40. The maximum absolute atomic E-state index is 13.8. The first kappa shape index (κ1) is 23.6. The van der Waals surface area contributed by atoms with Gasteiger partial charge in [-0.25, -0.2) is 4.98 Å². The van der Waals surface area contributed by atoms with Crippen LogP contribution in [0.4, 0.5) is 0 Å². The number of nitrogens with zero attached hydrogens (tertiary/aromatic N) is 3. The molecule has 4 aromatic carbocycles. The molecule has 6 nitrogen and oxygen atoms in total. The summed E-state index contributed by atoms with van der Waals surface area (Å²) in [6.07, 6.45) is 0.191. The fourth-order valence-electron chi connectivity index (χ4n) is 4.51. The summed E-state index contributed by atoms with van der Waals surface area (Å²) in [6, 6.07) is 28.1. The summed E-state index contributed by atoms with van der Waals surface area (Å²) < 4.78 is 3.17. The van der Waals surface area contributed by atoms with Gasteiger partial charge < -0.3 is 9.94 Å². The zero-order valence-electron chi connectivity index (χ0n) is 19.3. The smallest absolute Gasteiger partial charge is 0.266 e. The molecular formula is C29H19Br2N3O3. The molecule has 0 saturated carbocycles. The SMILES string of the molecule is O=c1c2cc(Br)cc(Br)c2nc(-c2ccccc2)n1-c1ccc(C2=NOC(c3ccccc3O)C2)cc1. The molecule has 1 N–H and O–H groups in total. The Morgan fingerprint density at radius 2 is 1.62 bits per heavy atom. The predicted octanol–water partition coefficient (Wildman–Crippen LogP) is 7.15. The number of halogens is 2. The molecule has 1 unspecified atom stereocenters. The minimum atomic E-state index is -0.343. The monoisotopic (exact) mass is 615 g/mol. The van der Waals surface area contributed by atoms with Gasteiger partial charge in [-0.2, -0.15) is 0 Å². The fourth-order valence-corrected chi connectivity index (χ4v) is 5.83. The van der Waals surface area contributed by atoms with Gasteiger partial charge in [0.25, 0.3) is 5.56 Å². The second-order valence-corrected chi connectivity index (χ2v) is 10.4. The molecule has 0 saturated heterocycles. The number of fused-ring (bicyclic) bond motifs is 1. The van der Waals surface area contributed by atoms with Crippen LogP contribution in [0.2, 0.25) is 0 Å². The molecule has 6 rings (SSSR count). The summed E-state index contributed by atoms with van der Waals surface area (Å²) in [4.78, 5) is 24.3. The highest BCUT2D eigenvalue weighted by Gasteiger charge is 2.26. The van der Waals surface area contributed by atoms with Crippen LogP contribution >= 0.6 is 31.9 Å². The molecule has 0 fully saturated rings. The quantitative estimate of drug-likeness (QED) is 0.233. The van der Waals surface area contributed by atoms with E-state index in [0.717, 1.165) is 25.8 Å². The second kappa shape index (κ2) is 9.61. The first-order chi connectivity index (χ1) is 18.0. The van der Waals surface area contributed by atoms with E-state index in [1.807, 2.05) is 72.8 Å². The number of phenols is 1. The lowest BCUT2D eigenvalue weighted by Gasteiger charge is -2.15. The van der Waals surface area contributed by atoms with Gasteiger partial charge in [0.1, 0.15) is 11.6 Å². The van der Waals surface area contributed by atoms with Gasteiger partial charge in [0, 0.05) is 26.5 Å². The van der Waals surface area contributed by atoms with Gasteiger partial charge >= 0.3 is 0 Å². The van der Waals surface area contributed by atoms with E-state index in [2.05, 4.69) is 37.0 Å². The van der Waals surface area contributed by atoms with Crippen LogP contribution in [0.5, 0.6) is 5.75 Å². The van der Waals surface area contributed by atoms with Crippen molar-refractivity contribution in [2.24, 2.45) is 5.16 Å². The van der Waals surface area contributed by atoms with Crippen LogP contribution in [-0.2, 0) is 4.84 Å². The number of benzene rings is 4. The van der Waals surface area contributed by atoms with Crippen molar-refractivity contribution in [1.82, 2.24) is 9.55 Å². The molecule has 0 amide bonds. The predicted molar refractivity (Wildman–Crippen MR) is 151 cm³/mol. The second-order valence-electron chi connectivity index (χ2n) is 8.67. The van der Waals surface area contributed by atoms with E-state index in [-0.39, 0.29) is 17.4 Å². The average molecular weight is 617 g/mol. The lowest BCUT2D eigenvalue weighted by molar-refractivity contribution is 0.0838. The Balaban J connectivity index is 1.41. The van der Waals surface area contributed by atoms with Crippen molar-refractivity contribution in [3.05, 3.63) is 121 Å². The van der Waals surface area contributed by atoms with Crippen LogP contribution in [0, 0.1) is 0 Å². The summed E-state index contributed by atoms with van der Waals surface area (Å²) in [5.74, 6) is 0.740. The van der Waals surface area contributed by atoms with E-state index in [4.69, 9.17) is 9.82 Å². The summed E-state index contributed by atoms with van der Waals surface area (Å²) in [5.41, 5.74) is 4.33. The van der Waals surface area contributed by atoms with Gasteiger partial charge in [0.05, 0.1) is 22.3 Å². The molecule has 1 aliphatic rings. The number of para-hydroxylation sites is 1. The molecule has 8 heteroatoms. The number of hydrogen-bond acceptors (Lipinski definition) is 5. The van der Waals surface area contributed by atoms with Gasteiger partial charge in [0.15, 0.2) is 6.10 Å². The fraction of sp³-hybridized carbons (Fsp3) is 0.0690. The maximum atomic E-state index is 13.8. The third kappa shape index (κ3) is 4.36. The molecular weight excluding hydrogens is 598 g/mol. The van der Waals surface area contributed by atoms with E-state index in [1.165, 1.54) is 0 Å². The summed E-state index contributed by atoms with van der Waals surface area (Å²) in [7, 11) is 0. The van der Waals surface area contributed by atoms with Gasteiger partial charge in [-0.05, 0) is 51.8 Å². The van der Waals surface area contributed by atoms with Crippen molar-refractivity contribution in [3.63, 3.8) is 0 Å². The lowest BCUT2D eigenvalue weighted by Crippen LogP contribution is -2.22. The van der Waals surface area contributed by atoms with Crippen molar-refractivity contribution in [2.75, 3.05) is 0 Å². The Morgan fingerprint density at radius 3 is 2.38 bits per heavy atom. The molecule has 0 bridgehead atoms. The van der Waals surface area contributed by atoms with Crippen LogP contribution in [-0.4, -0.2) is 20.4 Å². The molecule has 1 aliphatic heterocycles. The molecule has 182 valence electrons. The Morgan fingerprint density at radius 1 is 0.892 bits per heavy atom. The first-order valence-electron chi connectivity index (χ1n) is 11.6. The van der Waals surface area contributed by atoms with E-state index in [9.17, 15) is 9.90 Å². The molecule has 5 aromatic rings. The summed E-state index contributed by atoms with van der Waals surface area (Å²) in [5, 5.41) is 14.9. The van der Waals surface area contributed by atoms with Gasteiger partial charge in [-0.1, -0.05) is 81.7 Å². The molecule has 2 heterocycles. The largest absolute Gasteiger partial charge is 0.508 e. The van der Waals surface area contributed by atoms with Crippen LogP contribution in [0.15, 0.2) is 110 Å². The number of phenolic OH excluding ortho intramolecular Hbond substituents is 1. The van der Waals surface area contributed by atoms with Gasteiger partial charge in [0.2, 0.25) is 0 Å². The van der Waals surface area contributed by atoms with Crippen molar-refractivity contribution in [3.8, 4) is 22.8 Å².